The van der Waals surface area contributed by atoms with Crippen LogP contribution in [0.15, 0.2) is 53.5 Å². The Morgan fingerprint density at radius 3 is 2.44 bits per heavy atom. The van der Waals surface area contributed by atoms with Gasteiger partial charge in [0, 0.05) is 50.4 Å². The molecule has 7 heteroatoms. The fourth-order valence-electron chi connectivity index (χ4n) is 3.52. The molecule has 0 aliphatic carbocycles. The second kappa shape index (κ2) is 11.3. The molecule has 1 saturated heterocycles. The van der Waals surface area contributed by atoms with E-state index in [0.717, 1.165) is 41.9 Å². The van der Waals surface area contributed by atoms with Crippen LogP contribution in [-0.2, 0) is 22.7 Å². The molecular formula is C25H33N5O2. The van der Waals surface area contributed by atoms with Crippen molar-refractivity contribution in [1.82, 2.24) is 10.6 Å². The van der Waals surface area contributed by atoms with E-state index in [1.807, 2.05) is 67.3 Å². The van der Waals surface area contributed by atoms with Gasteiger partial charge in [-0.3, -0.25) is 14.6 Å². The van der Waals surface area contributed by atoms with Gasteiger partial charge in [-0.05, 0) is 48.2 Å². The van der Waals surface area contributed by atoms with Crippen molar-refractivity contribution >= 4 is 29.1 Å². The molecule has 0 radical (unpaired) electrons. The fourth-order valence-corrected chi connectivity index (χ4v) is 3.52. The van der Waals surface area contributed by atoms with Gasteiger partial charge < -0.3 is 20.9 Å². The van der Waals surface area contributed by atoms with Crippen LogP contribution in [0.1, 0.15) is 44.2 Å². The maximum Gasteiger partial charge on any atom is 0.227 e. The van der Waals surface area contributed by atoms with Crippen molar-refractivity contribution in [2.75, 3.05) is 23.8 Å². The first-order valence-electron chi connectivity index (χ1n) is 11.2. The predicted octanol–water partition coefficient (Wildman–Crippen LogP) is 3.66. The smallest absolute Gasteiger partial charge is 0.227 e. The highest BCUT2D eigenvalue weighted by molar-refractivity contribution is 5.95. The molecule has 0 aromatic heterocycles. The summed E-state index contributed by atoms with van der Waals surface area (Å²) in [4.78, 5) is 30.1. The number of rotatable bonds is 8. The Morgan fingerprint density at radius 1 is 1.09 bits per heavy atom. The number of nitrogens with zero attached hydrogens (tertiary/aromatic N) is 2. The van der Waals surface area contributed by atoms with Crippen molar-refractivity contribution in [2.45, 2.75) is 46.2 Å². The van der Waals surface area contributed by atoms with Crippen LogP contribution in [0.4, 0.5) is 11.4 Å². The van der Waals surface area contributed by atoms with E-state index in [4.69, 9.17) is 0 Å². The minimum Gasteiger partial charge on any atom is -0.352 e. The van der Waals surface area contributed by atoms with E-state index in [2.05, 4.69) is 20.9 Å². The zero-order chi connectivity index (χ0) is 22.9. The first-order chi connectivity index (χ1) is 15.5. The normalized spacial score (nSPS) is 14.9. The summed E-state index contributed by atoms with van der Waals surface area (Å²) >= 11 is 0. The number of carbonyl (C=O) groups is 2. The number of benzene rings is 2. The van der Waals surface area contributed by atoms with Crippen LogP contribution in [0.5, 0.6) is 0 Å². The van der Waals surface area contributed by atoms with Gasteiger partial charge in [-0.2, -0.15) is 0 Å². The fraction of sp³-hybridized carbons (Fsp3) is 0.400. The van der Waals surface area contributed by atoms with E-state index in [-0.39, 0.29) is 17.7 Å². The average Bonchev–Trinajstić information content (AvgIpc) is 3.25. The molecule has 1 fully saturated rings. The third kappa shape index (κ3) is 6.33. The lowest BCUT2D eigenvalue weighted by atomic mass is 10.1. The Balaban J connectivity index is 1.49. The Morgan fingerprint density at radius 2 is 1.81 bits per heavy atom. The summed E-state index contributed by atoms with van der Waals surface area (Å²) in [6, 6.07) is 15.9. The number of nitrogens with one attached hydrogen (secondary N) is 3. The SMILES string of the molecule is CCC(C)C(=O)Nc1cccc(CNC(=NC)NCc2ccc(N3CCCC3=O)cc2)c1. The van der Waals surface area contributed by atoms with Crippen LogP contribution in [0.2, 0.25) is 0 Å². The molecule has 1 atom stereocenters. The number of carbonyl (C=O) groups excluding carboxylic acids is 2. The van der Waals surface area contributed by atoms with Crippen LogP contribution in [0.3, 0.4) is 0 Å². The standard InChI is InChI=1S/C25H33N5O2/c1-4-18(2)24(32)29-21-8-5-7-20(15-21)17-28-25(26-3)27-16-19-10-12-22(13-11-19)30-14-6-9-23(30)31/h5,7-8,10-13,15,18H,4,6,9,14,16-17H2,1-3H3,(H,29,32)(H2,26,27,28). The molecular weight excluding hydrogens is 402 g/mol. The highest BCUT2D eigenvalue weighted by Gasteiger charge is 2.21. The maximum atomic E-state index is 12.1. The van der Waals surface area contributed by atoms with Gasteiger partial charge in [0.05, 0.1) is 0 Å². The molecule has 2 aromatic carbocycles. The minimum absolute atomic E-state index is 0.00952. The zero-order valence-electron chi connectivity index (χ0n) is 19.1. The van der Waals surface area contributed by atoms with Gasteiger partial charge >= 0.3 is 0 Å². The molecule has 1 heterocycles. The van der Waals surface area contributed by atoms with E-state index in [9.17, 15) is 9.59 Å². The van der Waals surface area contributed by atoms with Crippen molar-refractivity contribution in [2.24, 2.45) is 10.9 Å². The second-order valence-corrected chi connectivity index (χ2v) is 8.09. The average molecular weight is 436 g/mol. The lowest BCUT2D eigenvalue weighted by molar-refractivity contribution is -0.119. The van der Waals surface area contributed by atoms with Gasteiger partial charge in [-0.1, -0.05) is 38.1 Å². The van der Waals surface area contributed by atoms with Gasteiger partial charge in [0.25, 0.3) is 0 Å². The maximum absolute atomic E-state index is 12.1. The highest BCUT2D eigenvalue weighted by Crippen LogP contribution is 2.21. The summed E-state index contributed by atoms with van der Waals surface area (Å²) in [6.07, 6.45) is 2.38. The van der Waals surface area contributed by atoms with Crippen LogP contribution >= 0.6 is 0 Å². The Hall–Kier alpha value is -3.35. The molecule has 32 heavy (non-hydrogen) atoms. The van der Waals surface area contributed by atoms with E-state index in [1.54, 1.807) is 7.05 Å². The van der Waals surface area contributed by atoms with E-state index >= 15 is 0 Å². The van der Waals surface area contributed by atoms with Gasteiger partial charge in [0.15, 0.2) is 5.96 Å². The lowest BCUT2D eigenvalue weighted by Crippen LogP contribution is -2.36. The highest BCUT2D eigenvalue weighted by atomic mass is 16.2. The summed E-state index contributed by atoms with van der Waals surface area (Å²) in [5.41, 5.74) is 3.92. The topological polar surface area (TPSA) is 85.8 Å². The predicted molar refractivity (Wildman–Crippen MR) is 130 cm³/mol. The van der Waals surface area contributed by atoms with Crippen molar-refractivity contribution in [3.05, 3.63) is 59.7 Å². The van der Waals surface area contributed by atoms with Crippen LogP contribution < -0.4 is 20.9 Å². The number of hydrogen-bond acceptors (Lipinski definition) is 3. The van der Waals surface area contributed by atoms with Gasteiger partial charge in [0.1, 0.15) is 0 Å². The monoisotopic (exact) mass is 435 g/mol. The molecule has 170 valence electrons. The molecule has 7 nitrogen and oxygen atoms in total. The molecule has 3 N–H and O–H groups in total. The zero-order valence-corrected chi connectivity index (χ0v) is 19.1. The molecule has 2 amide bonds. The first-order valence-corrected chi connectivity index (χ1v) is 11.2. The number of guanidine groups is 1. The van der Waals surface area contributed by atoms with Crippen molar-refractivity contribution in [3.8, 4) is 0 Å². The number of hydrogen-bond donors (Lipinski definition) is 3. The first kappa shape index (κ1) is 23.3. The third-order valence-electron chi connectivity index (χ3n) is 5.72. The Bertz CT molecular complexity index is 955. The van der Waals surface area contributed by atoms with E-state index in [1.165, 1.54) is 0 Å². The van der Waals surface area contributed by atoms with Gasteiger partial charge in [0.2, 0.25) is 11.8 Å². The quantitative estimate of drug-likeness (QED) is 0.436. The molecule has 0 saturated carbocycles. The molecule has 0 spiro atoms. The number of amides is 2. The largest absolute Gasteiger partial charge is 0.352 e. The lowest BCUT2D eigenvalue weighted by Gasteiger charge is -2.16. The van der Waals surface area contributed by atoms with E-state index in [0.29, 0.717) is 25.5 Å². The molecule has 0 bridgehead atoms. The van der Waals surface area contributed by atoms with Crippen molar-refractivity contribution < 1.29 is 9.59 Å². The molecule has 1 unspecified atom stereocenters. The van der Waals surface area contributed by atoms with Crippen molar-refractivity contribution in [1.29, 1.82) is 0 Å². The Kier molecular flexibility index (Phi) is 8.25. The Labute approximate surface area is 190 Å². The van der Waals surface area contributed by atoms with Crippen LogP contribution in [-0.4, -0.2) is 31.4 Å². The summed E-state index contributed by atoms with van der Waals surface area (Å²) in [5, 5.41) is 9.59. The van der Waals surface area contributed by atoms with Gasteiger partial charge in [-0.25, -0.2) is 0 Å². The summed E-state index contributed by atoms with van der Waals surface area (Å²) in [6.45, 7) is 5.94. The summed E-state index contributed by atoms with van der Waals surface area (Å²) < 4.78 is 0. The molecule has 1 aliphatic heterocycles. The molecule has 1 aliphatic rings. The summed E-state index contributed by atoms with van der Waals surface area (Å²) in [5.74, 6) is 0.918. The molecule has 2 aromatic rings. The van der Waals surface area contributed by atoms with Crippen molar-refractivity contribution in [3.63, 3.8) is 0 Å². The van der Waals surface area contributed by atoms with Crippen LogP contribution in [0, 0.1) is 5.92 Å². The summed E-state index contributed by atoms with van der Waals surface area (Å²) in [7, 11) is 1.74. The number of aliphatic imine (C=N–C) groups is 1. The third-order valence-corrected chi connectivity index (χ3v) is 5.72. The van der Waals surface area contributed by atoms with Crippen LogP contribution in [0.25, 0.3) is 0 Å². The van der Waals surface area contributed by atoms with Gasteiger partial charge in [-0.15, -0.1) is 0 Å². The minimum atomic E-state index is -0.00952. The number of anilines is 2. The molecule has 3 rings (SSSR count). The second-order valence-electron chi connectivity index (χ2n) is 8.09. The van der Waals surface area contributed by atoms with E-state index < -0.39 is 0 Å².